The minimum atomic E-state index is -1.00. The van der Waals surface area contributed by atoms with Crippen molar-refractivity contribution < 1.29 is 9.72 Å². The van der Waals surface area contributed by atoms with Crippen LogP contribution in [0, 0.1) is 10.1 Å². The average molecular weight is 399 g/mol. The van der Waals surface area contributed by atoms with Crippen LogP contribution >= 0.6 is 11.6 Å². The molecule has 0 fully saturated rings. The molecule has 1 aromatic heterocycles. The van der Waals surface area contributed by atoms with Gasteiger partial charge >= 0.3 is 0 Å². The first kappa shape index (κ1) is 19.2. The second-order valence-corrected chi connectivity index (χ2v) is 6.39. The smallest absolute Gasteiger partial charge is 0.292 e. The van der Waals surface area contributed by atoms with E-state index in [1.165, 1.54) is 31.2 Å². The van der Waals surface area contributed by atoms with E-state index < -0.39 is 22.4 Å². The van der Waals surface area contributed by atoms with Crippen LogP contribution in [-0.2, 0) is 4.79 Å². The van der Waals surface area contributed by atoms with E-state index in [0.717, 1.165) is 10.2 Å². The number of carbonyl (C=O) groups is 1. The van der Waals surface area contributed by atoms with E-state index in [-0.39, 0.29) is 16.4 Å². The number of carbonyl (C=O) groups excluding carboxylic acids is 1. The van der Waals surface area contributed by atoms with Crippen LogP contribution in [0.4, 0.5) is 11.4 Å². The number of halogens is 1. The van der Waals surface area contributed by atoms with Crippen LogP contribution in [0.25, 0.3) is 11.3 Å². The quantitative estimate of drug-likeness (QED) is 0.521. The number of nitro groups is 1. The number of nitrogens with zero attached hydrogens (tertiary/aromatic N) is 3. The second-order valence-electron chi connectivity index (χ2n) is 5.95. The molecule has 0 spiro atoms. The molecule has 3 aromatic rings. The van der Waals surface area contributed by atoms with Crippen LogP contribution in [0.3, 0.4) is 0 Å². The van der Waals surface area contributed by atoms with Gasteiger partial charge < -0.3 is 5.32 Å². The Morgan fingerprint density at radius 1 is 1.18 bits per heavy atom. The van der Waals surface area contributed by atoms with Gasteiger partial charge in [-0.15, -0.1) is 0 Å². The van der Waals surface area contributed by atoms with Gasteiger partial charge in [0, 0.05) is 22.7 Å². The van der Waals surface area contributed by atoms with Crippen molar-refractivity contribution in [3.8, 4) is 11.3 Å². The van der Waals surface area contributed by atoms with E-state index in [2.05, 4.69) is 10.4 Å². The Kier molecular flexibility index (Phi) is 5.51. The molecule has 1 atom stereocenters. The molecule has 142 valence electrons. The topological polar surface area (TPSA) is 107 Å². The number of rotatable bonds is 5. The van der Waals surface area contributed by atoms with E-state index in [4.69, 9.17) is 11.6 Å². The second kappa shape index (κ2) is 8.01. The van der Waals surface area contributed by atoms with Crippen molar-refractivity contribution in [1.29, 1.82) is 0 Å². The summed E-state index contributed by atoms with van der Waals surface area (Å²) in [6.45, 7) is 1.48. The van der Waals surface area contributed by atoms with Crippen LogP contribution in [0.5, 0.6) is 0 Å². The van der Waals surface area contributed by atoms with Crippen LogP contribution in [-0.4, -0.2) is 20.6 Å². The first-order valence-electron chi connectivity index (χ1n) is 8.27. The number of hydrogen-bond acceptors (Lipinski definition) is 5. The third-order valence-corrected chi connectivity index (χ3v) is 4.29. The highest BCUT2D eigenvalue weighted by Crippen LogP contribution is 2.28. The Morgan fingerprint density at radius 3 is 2.57 bits per heavy atom. The molecule has 0 aliphatic rings. The van der Waals surface area contributed by atoms with Crippen LogP contribution in [0.2, 0.25) is 5.02 Å². The molecule has 3 rings (SSSR count). The molecule has 0 aliphatic heterocycles. The largest absolute Gasteiger partial charge is 0.318 e. The van der Waals surface area contributed by atoms with Gasteiger partial charge in [-0.3, -0.25) is 19.7 Å². The lowest BCUT2D eigenvalue weighted by atomic mass is 10.1. The highest BCUT2D eigenvalue weighted by Gasteiger charge is 2.22. The van der Waals surface area contributed by atoms with Gasteiger partial charge in [0.05, 0.1) is 10.6 Å². The van der Waals surface area contributed by atoms with Crippen LogP contribution in [0.1, 0.15) is 13.0 Å². The van der Waals surface area contributed by atoms with Crippen molar-refractivity contribution in [3.05, 3.63) is 86.2 Å². The highest BCUT2D eigenvalue weighted by molar-refractivity contribution is 6.31. The number of amides is 1. The Morgan fingerprint density at radius 2 is 1.89 bits per heavy atom. The molecule has 1 N–H and O–H groups in total. The first-order valence-corrected chi connectivity index (χ1v) is 8.64. The maximum atomic E-state index is 12.6. The molecule has 1 heterocycles. The van der Waals surface area contributed by atoms with Crippen molar-refractivity contribution in [2.24, 2.45) is 0 Å². The van der Waals surface area contributed by atoms with Crippen molar-refractivity contribution in [2.45, 2.75) is 13.0 Å². The number of aromatic nitrogens is 2. The summed E-state index contributed by atoms with van der Waals surface area (Å²) in [7, 11) is 0. The molecule has 8 nitrogen and oxygen atoms in total. The van der Waals surface area contributed by atoms with Gasteiger partial charge in [-0.2, -0.15) is 5.10 Å². The fourth-order valence-corrected chi connectivity index (χ4v) is 2.75. The molecular weight excluding hydrogens is 384 g/mol. The summed E-state index contributed by atoms with van der Waals surface area (Å²) in [5.74, 6) is -0.634. The Labute approximate surface area is 164 Å². The SMILES string of the molecule is CC(C(=O)Nc1cc(Cl)ccc1[N+](=O)[O-])n1nc(-c2ccccc2)ccc1=O. The zero-order valence-electron chi connectivity index (χ0n) is 14.7. The molecule has 0 saturated carbocycles. The zero-order chi connectivity index (χ0) is 20.3. The summed E-state index contributed by atoms with van der Waals surface area (Å²) in [5.41, 5.74) is 0.482. The molecule has 2 aromatic carbocycles. The van der Waals surface area contributed by atoms with E-state index in [9.17, 15) is 19.7 Å². The Bertz CT molecular complexity index is 1100. The zero-order valence-corrected chi connectivity index (χ0v) is 15.5. The number of hydrogen-bond donors (Lipinski definition) is 1. The predicted octanol–water partition coefficient (Wildman–Crippen LogP) is 3.67. The standard InChI is InChI=1S/C19H15ClN4O4/c1-12(19(26)21-16-11-14(20)7-9-17(16)24(27)28)23-18(25)10-8-15(22-23)13-5-3-2-4-6-13/h2-12H,1H3,(H,21,26). The van der Waals surface area contributed by atoms with Crippen LogP contribution < -0.4 is 10.9 Å². The van der Waals surface area contributed by atoms with Crippen LogP contribution in [0.15, 0.2) is 65.5 Å². The van der Waals surface area contributed by atoms with Gasteiger partial charge in [0.15, 0.2) is 0 Å². The molecule has 0 radical (unpaired) electrons. The van der Waals surface area contributed by atoms with E-state index in [0.29, 0.717) is 5.69 Å². The minimum absolute atomic E-state index is 0.0541. The molecule has 1 amide bonds. The Hall–Kier alpha value is -3.52. The molecular formula is C19H15ClN4O4. The lowest BCUT2D eigenvalue weighted by molar-refractivity contribution is -0.383. The lowest BCUT2D eigenvalue weighted by Crippen LogP contribution is -2.33. The maximum absolute atomic E-state index is 12.6. The minimum Gasteiger partial charge on any atom is -0.318 e. The fraction of sp³-hybridized carbons (Fsp3) is 0.105. The number of nitro benzene ring substituents is 1. The van der Waals surface area contributed by atoms with Crippen molar-refractivity contribution in [3.63, 3.8) is 0 Å². The monoisotopic (exact) mass is 398 g/mol. The Balaban J connectivity index is 1.91. The fourth-order valence-electron chi connectivity index (χ4n) is 2.58. The maximum Gasteiger partial charge on any atom is 0.292 e. The third kappa shape index (κ3) is 4.07. The molecule has 0 aliphatic carbocycles. The van der Waals surface area contributed by atoms with E-state index in [1.54, 1.807) is 6.07 Å². The molecule has 0 bridgehead atoms. The summed E-state index contributed by atoms with van der Waals surface area (Å²) >= 11 is 5.87. The van der Waals surface area contributed by atoms with Gasteiger partial charge in [-0.25, -0.2) is 4.68 Å². The number of nitrogens with one attached hydrogen (secondary N) is 1. The summed E-state index contributed by atoms with van der Waals surface area (Å²) in [5, 5.41) is 18.1. The molecule has 0 saturated heterocycles. The molecule has 1 unspecified atom stereocenters. The average Bonchev–Trinajstić information content (AvgIpc) is 2.68. The summed E-state index contributed by atoms with van der Waals surface area (Å²) in [4.78, 5) is 35.4. The molecule has 9 heteroatoms. The van der Waals surface area contributed by atoms with Gasteiger partial charge in [0.2, 0.25) is 5.91 Å². The normalized spacial score (nSPS) is 11.6. The van der Waals surface area contributed by atoms with Gasteiger partial charge in [-0.1, -0.05) is 41.9 Å². The highest BCUT2D eigenvalue weighted by atomic mass is 35.5. The number of anilines is 1. The van der Waals surface area contributed by atoms with E-state index >= 15 is 0 Å². The third-order valence-electron chi connectivity index (χ3n) is 4.05. The summed E-state index contributed by atoms with van der Waals surface area (Å²) < 4.78 is 1.04. The first-order chi connectivity index (χ1) is 13.4. The van der Waals surface area contributed by atoms with E-state index in [1.807, 2.05) is 30.3 Å². The van der Waals surface area contributed by atoms with Gasteiger partial charge in [-0.05, 0) is 25.1 Å². The van der Waals surface area contributed by atoms with Crippen molar-refractivity contribution >= 4 is 28.9 Å². The molecule has 28 heavy (non-hydrogen) atoms. The van der Waals surface area contributed by atoms with Gasteiger partial charge in [0.1, 0.15) is 11.7 Å². The summed E-state index contributed by atoms with van der Waals surface area (Å²) in [6, 6.07) is 14.9. The van der Waals surface area contributed by atoms with Crippen molar-refractivity contribution in [1.82, 2.24) is 9.78 Å². The van der Waals surface area contributed by atoms with Gasteiger partial charge in [0.25, 0.3) is 11.2 Å². The number of benzene rings is 2. The summed E-state index contributed by atoms with van der Waals surface area (Å²) in [6.07, 6.45) is 0. The van der Waals surface area contributed by atoms with Crippen molar-refractivity contribution in [2.75, 3.05) is 5.32 Å². The lowest BCUT2D eigenvalue weighted by Gasteiger charge is -2.15. The predicted molar refractivity (Wildman–Crippen MR) is 105 cm³/mol.